The lowest BCUT2D eigenvalue weighted by Crippen LogP contribution is -2.31. The van der Waals surface area contributed by atoms with Crippen molar-refractivity contribution < 1.29 is 14.3 Å². The van der Waals surface area contributed by atoms with Crippen LogP contribution in [0.25, 0.3) is 0 Å². The van der Waals surface area contributed by atoms with Crippen molar-refractivity contribution in [3.8, 4) is 11.5 Å². The van der Waals surface area contributed by atoms with Gasteiger partial charge in [-0.25, -0.2) is 0 Å². The number of allylic oxidation sites excluding steroid dienone is 1. The molecule has 0 saturated carbocycles. The molecule has 1 aromatic heterocycles. The molecule has 0 saturated heterocycles. The van der Waals surface area contributed by atoms with Crippen molar-refractivity contribution in [1.29, 1.82) is 0 Å². The Bertz CT molecular complexity index is 1150. The molecule has 0 bridgehead atoms. The number of hydrogen-bond acceptors (Lipinski definition) is 7. The predicted octanol–water partition coefficient (Wildman–Crippen LogP) is 3.79. The van der Waals surface area contributed by atoms with E-state index in [1.54, 1.807) is 4.68 Å². The van der Waals surface area contributed by atoms with Crippen LogP contribution in [0.15, 0.2) is 59.8 Å². The van der Waals surface area contributed by atoms with Crippen LogP contribution in [0.1, 0.15) is 39.3 Å². The molecule has 0 radical (unpaired) electrons. The maximum atomic E-state index is 13.5. The molecule has 1 aliphatic rings. The summed E-state index contributed by atoms with van der Waals surface area (Å²) < 4.78 is 13.1. The minimum absolute atomic E-state index is 0.0250. The first-order chi connectivity index (χ1) is 15.5. The Morgan fingerprint density at radius 1 is 1.22 bits per heavy atom. The van der Waals surface area contributed by atoms with E-state index in [1.165, 1.54) is 0 Å². The van der Waals surface area contributed by atoms with Crippen LogP contribution in [0, 0.1) is 0 Å². The van der Waals surface area contributed by atoms with Crippen LogP contribution in [-0.2, 0) is 4.79 Å². The topological polar surface area (TPSA) is 103 Å². The highest BCUT2D eigenvalue weighted by Gasteiger charge is 2.34. The number of fused-ring (bicyclic) bond motifs is 1. The Morgan fingerprint density at radius 2 is 2.03 bits per heavy atom. The number of nitrogens with one attached hydrogen (secondary N) is 2. The van der Waals surface area contributed by atoms with Gasteiger partial charge in [0.15, 0.2) is 0 Å². The molecule has 1 amide bonds. The number of nitrogens with zero attached hydrogens (tertiary/aromatic N) is 4. The number of carbonyl (C=O) groups is 1. The Labute approximate surface area is 186 Å². The molecule has 32 heavy (non-hydrogen) atoms. The zero-order valence-corrected chi connectivity index (χ0v) is 18.5. The second kappa shape index (κ2) is 9.09. The summed E-state index contributed by atoms with van der Waals surface area (Å²) in [4.78, 5) is 13.5. The van der Waals surface area contributed by atoms with Gasteiger partial charge in [-0.15, -0.1) is 0 Å². The molecule has 2 N–H and O–H groups in total. The number of anilines is 2. The van der Waals surface area contributed by atoms with E-state index in [2.05, 4.69) is 26.2 Å². The van der Waals surface area contributed by atoms with Crippen molar-refractivity contribution in [1.82, 2.24) is 20.2 Å². The average Bonchev–Trinajstić information content (AvgIpc) is 3.22. The zero-order valence-electron chi connectivity index (χ0n) is 18.5. The maximum Gasteiger partial charge on any atom is 0.255 e. The van der Waals surface area contributed by atoms with Crippen molar-refractivity contribution in [2.75, 3.05) is 17.2 Å². The number of tetrazole rings is 1. The van der Waals surface area contributed by atoms with Gasteiger partial charge in [-0.1, -0.05) is 29.4 Å². The van der Waals surface area contributed by atoms with E-state index in [1.807, 2.05) is 76.2 Å². The van der Waals surface area contributed by atoms with Gasteiger partial charge in [-0.2, -0.15) is 4.68 Å². The van der Waals surface area contributed by atoms with E-state index in [0.29, 0.717) is 41.0 Å². The number of benzene rings is 2. The van der Waals surface area contributed by atoms with E-state index < -0.39 is 6.04 Å². The number of carbonyl (C=O) groups excluding carboxylic acids is 1. The van der Waals surface area contributed by atoms with Crippen LogP contribution in [0.2, 0.25) is 0 Å². The molecular weight excluding hydrogens is 408 g/mol. The molecule has 9 heteroatoms. The van der Waals surface area contributed by atoms with E-state index in [9.17, 15) is 4.79 Å². The van der Waals surface area contributed by atoms with Crippen molar-refractivity contribution in [3.63, 3.8) is 0 Å². The molecule has 3 aromatic rings. The highest BCUT2D eigenvalue weighted by atomic mass is 16.5. The SMILES string of the molecule is CCOc1ccccc1NC(=O)C1=C(C)Nc2nnnn2C1c1cccc(OC(C)C)c1. The van der Waals surface area contributed by atoms with Gasteiger partial charge < -0.3 is 20.1 Å². The number of amides is 1. The first-order valence-electron chi connectivity index (χ1n) is 10.5. The number of ether oxygens (including phenoxy) is 2. The molecule has 0 aliphatic carbocycles. The molecule has 4 rings (SSSR count). The molecule has 0 spiro atoms. The van der Waals surface area contributed by atoms with Gasteiger partial charge in [-0.05, 0) is 68.0 Å². The largest absolute Gasteiger partial charge is 0.492 e. The third kappa shape index (κ3) is 4.27. The second-order valence-electron chi connectivity index (χ2n) is 7.64. The van der Waals surface area contributed by atoms with Crippen molar-refractivity contribution in [3.05, 3.63) is 65.4 Å². The van der Waals surface area contributed by atoms with Gasteiger partial charge >= 0.3 is 0 Å². The fourth-order valence-corrected chi connectivity index (χ4v) is 3.69. The number of hydrogen-bond donors (Lipinski definition) is 2. The van der Waals surface area contributed by atoms with Gasteiger partial charge in [0.25, 0.3) is 5.91 Å². The van der Waals surface area contributed by atoms with Crippen LogP contribution >= 0.6 is 0 Å². The van der Waals surface area contributed by atoms with E-state index >= 15 is 0 Å². The third-order valence-electron chi connectivity index (χ3n) is 4.94. The number of aromatic nitrogens is 4. The summed E-state index contributed by atoms with van der Waals surface area (Å²) in [5.41, 5.74) is 2.59. The lowest BCUT2D eigenvalue weighted by atomic mass is 9.94. The highest BCUT2D eigenvalue weighted by molar-refractivity contribution is 6.06. The monoisotopic (exact) mass is 434 g/mol. The first-order valence-corrected chi connectivity index (χ1v) is 10.5. The third-order valence-corrected chi connectivity index (χ3v) is 4.94. The lowest BCUT2D eigenvalue weighted by molar-refractivity contribution is -0.113. The fraction of sp³-hybridized carbons (Fsp3) is 0.304. The lowest BCUT2D eigenvalue weighted by Gasteiger charge is -2.28. The molecule has 1 unspecified atom stereocenters. The van der Waals surface area contributed by atoms with Crippen LogP contribution in [-0.4, -0.2) is 38.8 Å². The van der Waals surface area contributed by atoms with Crippen molar-refractivity contribution >= 4 is 17.5 Å². The van der Waals surface area contributed by atoms with E-state index in [4.69, 9.17) is 9.47 Å². The smallest absolute Gasteiger partial charge is 0.255 e. The molecule has 2 aromatic carbocycles. The highest BCUT2D eigenvalue weighted by Crippen LogP contribution is 2.36. The summed E-state index contributed by atoms with van der Waals surface area (Å²) in [5, 5.41) is 18.1. The molecule has 9 nitrogen and oxygen atoms in total. The number of rotatable bonds is 7. The Morgan fingerprint density at radius 3 is 2.81 bits per heavy atom. The minimum atomic E-state index is -0.531. The van der Waals surface area contributed by atoms with Crippen LogP contribution in [0.4, 0.5) is 11.6 Å². The van der Waals surface area contributed by atoms with Crippen molar-refractivity contribution in [2.45, 2.75) is 39.8 Å². The summed E-state index contributed by atoms with van der Waals surface area (Å²) in [7, 11) is 0. The summed E-state index contributed by atoms with van der Waals surface area (Å²) >= 11 is 0. The normalized spacial score (nSPS) is 15.2. The van der Waals surface area contributed by atoms with E-state index in [0.717, 1.165) is 5.56 Å². The summed E-state index contributed by atoms with van der Waals surface area (Å²) in [5.74, 6) is 1.51. The van der Waals surface area contributed by atoms with Gasteiger partial charge in [0.1, 0.15) is 17.5 Å². The molecule has 2 heterocycles. The van der Waals surface area contributed by atoms with Gasteiger partial charge in [-0.3, -0.25) is 4.79 Å². The molecule has 1 atom stereocenters. The van der Waals surface area contributed by atoms with Crippen molar-refractivity contribution in [2.24, 2.45) is 0 Å². The second-order valence-corrected chi connectivity index (χ2v) is 7.64. The van der Waals surface area contributed by atoms with Gasteiger partial charge in [0.2, 0.25) is 5.95 Å². The number of para-hydroxylation sites is 2. The predicted molar refractivity (Wildman–Crippen MR) is 121 cm³/mol. The van der Waals surface area contributed by atoms with Crippen LogP contribution < -0.4 is 20.1 Å². The van der Waals surface area contributed by atoms with E-state index in [-0.39, 0.29) is 12.0 Å². The summed E-state index contributed by atoms with van der Waals surface area (Å²) in [6.45, 7) is 8.17. The quantitative estimate of drug-likeness (QED) is 0.583. The zero-order chi connectivity index (χ0) is 22.7. The molecule has 166 valence electrons. The standard InChI is InChI=1S/C23H26N6O3/c1-5-31-19-12-7-6-11-18(19)25-22(30)20-15(4)24-23-26-27-28-29(23)21(20)16-9-8-10-17(13-16)32-14(2)3/h6-14,21H,5H2,1-4H3,(H,25,30)(H,24,26,28). The van der Waals surface area contributed by atoms with Crippen LogP contribution in [0.5, 0.6) is 11.5 Å². The minimum Gasteiger partial charge on any atom is -0.492 e. The first kappa shape index (κ1) is 21.4. The maximum absolute atomic E-state index is 13.5. The Balaban J connectivity index is 1.74. The van der Waals surface area contributed by atoms with Crippen LogP contribution in [0.3, 0.4) is 0 Å². The Hall–Kier alpha value is -3.88. The molecule has 0 fully saturated rings. The summed E-state index contributed by atoms with van der Waals surface area (Å²) in [6, 6.07) is 14.4. The molecule has 1 aliphatic heterocycles. The molecular formula is C23H26N6O3. The fourth-order valence-electron chi connectivity index (χ4n) is 3.69. The van der Waals surface area contributed by atoms with Gasteiger partial charge in [0.05, 0.1) is 24.0 Å². The average molecular weight is 435 g/mol. The summed E-state index contributed by atoms with van der Waals surface area (Å²) in [6.07, 6.45) is 0.0250. The van der Waals surface area contributed by atoms with Gasteiger partial charge in [0, 0.05) is 5.70 Å². The Kier molecular flexibility index (Phi) is 6.07.